The van der Waals surface area contributed by atoms with Gasteiger partial charge in [0.15, 0.2) is 5.78 Å². The number of aromatic nitrogens is 2. The average Bonchev–Trinajstić information content (AvgIpc) is 3.89. The lowest BCUT2D eigenvalue weighted by atomic mass is 9.86. The molecule has 3 amide bonds. The smallest absolute Gasteiger partial charge is 0.407 e. The number of urea groups is 1. The van der Waals surface area contributed by atoms with E-state index in [9.17, 15) is 23.2 Å². The summed E-state index contributed by atoms with van der Waals surface area (Å²) >= 11 is 2.97. The van der Waals surface area contributed by atoms with Gasteiger partial charge < -0.3 is 25.2 Å². The Morgan fingerprint density at radius 2 is 1.61 bits per heavy atom. The van der Waals surface area contributed by atoms with Crippen molar-refractivity contribution in [3.63, 3.8) is 0 Å². The number of alkyl halides is 2. The lowest BCUT2D eigenvalue weighted by Crippen LogP contribution is -2.49. The molecule has 1 fully saturated rings. The topological polar surface area (TPSA) is 117 Å². The maximum absolute atomic E-state index is 14.3. The molecule has 10 nitrogen and oxygen atoms in total. The van der Waals surface area contributed by atoms with Crippen molar-refractivity contribution in [1.29, 1.82) is 0 Å². The van der Waals surface area contributed by atoms with Crippen molar-refractivity contribution in [3.05, 3.63) is 104 Å². The van der Waals surface area contributed by atoms with E-state index in [2.05, 4.69) is 34.4 Å². The van der Waals surface area contributed by atoms with Gasteiger partial charge in [-0.05, 0) is 49.1 Å². The zero-order valence-electron chi connectivity index (χ0n) is 32.5. The van der Waals surface area contributed by atoms with Crippen LogP contribution in [0.2, 0.25) is 0 Å². The number of rotatable bonds is 20. The van der Waals surface area contributed by atoms with E-state index in [1.807, 2.05) is 70.9 Å². The second-order valence-corrected chi connectivity index (χ2v) is 16.9. The van der Waals surface area contributed by atoms with Gasteiger partial charge in [0.05, 0.1) is 33.7 Å². The number of amides is 3. The molecule has 0 saturated carbocycles. The predicted octanol–water partition coefficient (Wildman–Crippen LogP) is 8.49. The number of Topliss-reactive ketones (excluding diaryl/α,β-unsaturated/α-hetero) is 1. The number of carbonyl (C=O) groups is 3. The van der Waals surface area contributed by atoms with Gasteiger partial charge in [-0.25, -0.2) is 23.4 Å². The molecular weight excluding hydrogens is 755 g/mol. The van der Waals surface area contributed by atoms with Crippen LogP contribution in [0.4, 0.5) is 18.4 Å². The zero-order valence-corrected chi connectivity index (χ0v) is 34.1. The Bertz CT molecular complexity index is 1780. The molecule has 0 aliphatic carbocycles. The van der Waals surface area contributed by atoms with Gasteiger partial charge in [0.25, 0.3) is 5.92 Å². The fraction of sp³-hybridized carbons (Fsp3) is 0.500. The number of piperidine rings is 1. The lowest BCUT2D eigenvalue weighted by Gasteiger charge is -2.33. The summed E-state index contributed by atoms with van der Waals surface area (Å²) in [5.74, 6) is -2.61. The van der Waals surface area contributed by atoms with Gasteiger partial charge in [0.1, 0.15) is 6.61 Å². The highest BCUT2D eigenvalue weighted by Crippen LogP contribution is 2.28. The van der Waals surface area contributed by atoms with Crippen LogP contribution < -0.4 is 10.6 Å². The first-order valence-electron chi connectivity index (χ1n) is 19.4. The number of ketones is 1. The molecule has 3 heterocycles. The highest BCUT2D eigenvalue weighted by atomic mass is 32.1. The summed E-state index contributed by atoms with van der Waals surface area (Å²) in [5, 5.41) is 9.01. The zero-order chi connectivity index (χ0) is 39.9. The van der Waals surface area contributed by atoms with E-state index < -0.39 is 24.1 Å². The van der Waals surface area contributed by atoms with Gasteiger partial charge in [-0.15, -0.1) is 22.7 Å². The molecule has 0 radical (unpaired) electrons. The second kappa shape index (κ2) is 21.3. The van der Waals surface area contributed by atoms with Crippen molar-refractivity contribution in [2.75, 3.05) is 26.7 Å². The number of thiazole rings is 2. The van der Waals surface area contributed by atoms with Crippen LogP contribution in [0.25, 0.3) is 0 Å². The standard InChI is InChI=1S/C42H54F2N6O4S2/c1-30(2)39-46-35(28-55-39)26-49(3)40(52)48-37(16-19-50-20-17-42(43,44)18-21-50)38(51)24-33(22-31-10-6-4-7-11-31)14-15-34(23-32-12-8-5-9-13-32)47-41(53)54-27-36-25-45-29-56-36/h4-13,25,28-30,33-34,37H,14-24,26-27H2,1-3H3,(H,47,53)(H,48,52). The first-order chi connectivity index (χ1) is 26.9. The second-order valence-electron chi connectivity index (χ2n) is 15.1. The van der Waals surface area contributed by atoms with E-state index in [4.69, 9.17) is 4.74 Å². The molecule has 3 atom stereocenters. The van der Waals surface area contributed by atoms with Crippen LogP contribution in [0.15, 0.2) is 77.8 Å². The quantitative estimate of drug-likeness (QED) is 0.0921. The first-order valence-corrected chi connectivity index (χ1v) is 21.2. The van der Waals surface area contributed by atoms with Gasteiger partial charge in [-0.1, -0.05) is 74.5 Å². The van der Waals surface area contributed by atoms with Crippen molar-refractivity contribution in [2.45, 2.75) is 102 Å². The molecule has 14 heteroatoms. The molecule has 2 N–H and O–H groups in total. The van der Waals surface area contributed by atoms with E-state index in [0.717, 1.165) is 26.7 Å². The minimum atomic E-state index is -2.68. The molecule has 1 saturated heterocycles. The largest absolute Gasteiger partial charge is 0.444 e. The SMILES string of the molecule is CC(C)c1nc(CN(C)C(=O)NC(CCN2CCC(F)(F)CC2)C(=O)CC(CCC(Cc2ccccc2)NC(=O)OCc2cncs2)Cc2ccccc2)cs1. The van der Waals surface area contributed by atoms with Gasteiger partial charge in [0, 0.05) is 69.5 Å². The summed E-state index contributed by atoms with van der Waals surface area (Å²) in [6.45, 7) is 5.45. The molecule has 56 heavy (non-hydrogen) atoms. The van der Waals surface area contributed by atoms with Crippen molar-refractivity contribution >= 4 is 40.6 Å². The maximum atomic E-state index is 14.3. The minimum absolute atomic E-state index is 0.103. The third kappa shape index (κ3) is 14.3. The van der Waals surface area contributed by atoms with E-state index in [1.165, 1.54) is 16.2 Å². The maximum Gasteiger partial charge on any atom is 0.407 e. The summed E-state index contributed by atoms with van der Waals surface area (Å²) in [5.41, 5.74) is 4.62. The molecule has 2 aromatic heterocycles. The van der Waals surface area contributed by atoms with Crippen LogP contribution in [0.5, 0.6) is 0 Å². The van der Waals surface area contributed by atoms with Crippen LogP contribution in [0, 0.1) is 5.92 Å². The van der Waals surface area contributed by atoms with Gasteiger partial charge >= 0.3 is 12.1 Å². The average molecular weight is 809 g/mol. The number of nitrogens with one attached hydrogen (secondary N) is 2. The van der Waals surface area contributed by atoms with Crippen molar-refractivity contribution in [1.82, 2.24) is 30.4 Å². The van der Waals surface area contributed by atoms with Crippen LogP contribution in [0.1, 0.15) is 85.0 Å². The molecule has 1 aliphatic rings. The minimum Gasteiger partial charge on any atom is -0.444 e. The molecule has 302 valence electrons. The first kappa shape index (κ1) is 42.9. The highest BCUT2D eigenvalue weighted by Gasteiger charge is 2.35. The lowest BCUT2D eigenvalue weighted by molar-refractivity contribution is -0.122. The third-order valence-corrected chi connectivity index (χ3v) is 12.0. The Hall–Kier alpha value is -4.27. The van der Waals surface area contributed by atoms with Gasteiger partial charge in [-0.3, -0.25) is 9.78 Å². The molecule has 0 spiro atoms. The number of likely N-dealkylation sites (tertiary alicyclic amines) is 1. The van der Waals surface area contributed by atoms with Crippen LogP contribution in [-0.2, 0) is 35.5 Å². The molecule has 4 aromatic rings. The van der Waals surface area contributed by atoms with E-state index in [0.29, 0.717) is 38.6 Å². The predicted molar refractivity (Wildman–Crippen MR) is 217 cm³/mol. The summed E-state index contributed by atoms with van der Waals surface area (Å²) in [6.07, 6.45) is 3.64. The Labute approximate surface area is 337 Å². The molecule has 1 aliphatic heterocycles. The molecule has 5 rings (SSSR count). The third-order valence-electron chi connectivity index (χ3n) is 10.1. The fourth-order valence-corrected chi connectivity index (χ4v) is 8.17. The van der Waals surface area contributed by atoms with Crippen molar-refractivity contribution in [3.8, 4) is 0 Å². The summed E-state index contributed by atoms with van der Waals surface area (Å²) in [7, 11) is 1.68. The van der Waals surface area contributed by atoms with Gasteiger partial charge in [0.2, 0.25) is 0 Å². The van der Waals surface area contributed by atoms with Crippen LogP contribution in [0.3, 0.4) is 0 Å². The number of halogens is 2. The van der Waals surface area contributed by atoms with E-state index in [-0.39, 0.29) is 69.2 Å². The monoisotopic (exact) mass is 808 g/mol. The van der Waals surface area contributed by atoms with E-state index >= 15 is 0 Å². The summed E-state index contributed by atoms with van der Waals surface area (Å²) in [4.78, 5) is 54.0. The number of nitrogens with zero attached hydrogens (tertiary/aromatic N) is 4. The number of hydrogen-bond donors (Lipinski definition) is 2. The molecule has 2 aromatic carbocycles. The van der Waals surface area contributed by atoms with Crippen LogP contribution >= 0.6 is 22.7 Å². The Kier molecular flexibility index (Phi) is 16.3. The number of carbonyl (C=O) groups excluding carboxylic acids is 3. The Morgan fingerprint density at radius 3 is 2.23 bits per heavy atom. The number of benzene rings is 2. The molecule has 3 unspecified atom stereocenters. The molecular formula is C42H54F2N6O4S2. The Morgan fingerprint density at radius 1 is 0.929 bits per heavy atom. The van der Waals surface area contributed by atoms with Gasteiger partial charge in [-0.2, -0.15) is 0 Å². The fourth-order valence-electron chi connectivity index (χ4n) is 6.83. The number of ether oxygens (including phenoxy) is 1. The van der Waals surface area contributed by atoms with E-state index in [1.54, 1.807) is 30.1 Å². The van der Waals surface area contributed by atoms with Crippen molar-refractivity contribution < 1.29 is 27.9 Å². The van der Waals surface area contributed by atoms with Crippen LogP contribution in [-0.4, -0.2) is 82.4 Å². The summed E-state index contributed by atoms with van der Waals surface area (Å²) < 4.78 is 33.4. The van der Waals surface area contributed by atoms with Crippen molar-refractivity contribution in [2.24, 2.45) is 5.92 Å². The highest BCUT2D eigenvalue weighted by molar-refractivity contribution is 7.09. The molecule has 0 bridgehead atoms. The Balaban J connectivity index is 1.29. The number of alkyl carbamates (subject to hydrolysis) is 1. The normalized spacial score (nSPS) is 15.8. The summed E-state index contributed by atoms with van der Waals surface area (Å²) in [6, 6.07) is 18.4. The number of hydrogen-bond acceptors (Lipinski definition) is 9.